The van der Waals surface area contributed by atoms with E-state index in [4.69, 9.17) is 19.0 Å². The molecule has 1 aliphatic heterocycles. The lowest BCUT2D eigenvalue weighted by atomic mass is 10.1. The minimum atomic E-state index is -0.621. The minimum absolute atomic E-state index is 0.0129. The molecular weight excluding hydrogens is 1290 g/mol. The Morgan fingerprint density at radius 1 is 0.465 bits per heavy atom. The molecule has 26 nitrogen and oxygen atoms in total. The second kappa shape index (κ2) is 29.5. The molecule has 5 aromatic heterocycles. The van der Waals surface area contributed by atoms with E-state index in [2.05, 4.69) is 74.2 Å². The lowest BCUT2D eigenvalue weighted by Gasteiger charge is -2.13. The largest absolute Gasteiger partial charge is 0.505 e. The molecule has 6 aromatic carbocycles. The molecule has 0 atom stereocenters. The average Bonchev–Trinajstić information content (AvgIpc) is 1.67. The average molecular weight is 1360 g/mol. The Kier molecular flexibility index (Phi) is 19.9. The van der Waals surface area contributed by atoms with Gasteiger partial charge in [-0.05, 0) is 221 Å². The summed E-state index contributed by atoms with van der Waals surface area (Å²) in [6.07, 6.45) is 10.4. The van der Waals surface area contributed by atoms with Gasteiger partial charge in [0.15, 0.2) is 22.9 Å². The van der Waals surface area contributed by atoms with Gasteiger partial charge in [-0.1, -0.05) is 36.4 Å². The quantitative estimate of drug-likeness (QED) is 0.0205. The molecule has 15 rings (SSSR count). The van der Waals surface area contributed by atoms with Crippen LogP contribution in [0.4, 0.5) is 34.1 Å². The highest BCUT2D eigenvalue weighted by molar-refractivity contribution is 6.12. The summed E-state index contributed by atoms with van der Waals surface area (Å²) < 4.78 is 32.9. The molecule has 11 aromatic rings. The number of carbonyl (C=O) groups is 4. The minimum Gasteiger partial charge on any atom is -0.505 e. The zero-order valence-electron chi connectivity index (χ0n) is 55.8. The van der Waals surface area contributed by atoms with Crippen molar-refractivity contribution in [2.75, 3.05) is 32.1 Å². The number of aryl methyl sites for hydroxylation is 8. The summed E-state index contributed by atoms with van der Waals surface area (Å²) >= 11 is 0. The number of methoxy groups -OCH3 is 3. The number of ether oxygens (including phenoxy) is 3. The molecule has 7 N–H and O–H groups in total. The predicted octanol–water partition coefficient (Wildman–Crippen LogP) is 14.6. The number of phenols is 3. The number of amides is 1. The first-order chi connectivity index (χ1) is 48.8. The second-order valence-electron chi connectivity index (χ2n) is 24.0. The van der Waals surface area contributed by atoms with Crippen LogP contribution < -0.4 is 21.9 Å². The number of hydrogen-bond acceptors (Lipinski definition) is 21. The van der Waals surface area contributed by atoms with Crippen LogP contribution in [0.2, 0.25) is 0 Å². The molecule has 6 heterocycles. The highest BCUT2D eigenvalue weighted by atomic mass is 16.5. The van der Waals surface area contributed by atoms with Gasteiger partial charge >= 0.3 is 17.9 Å². The number of aromatic nitrogens is 4. The number of para-hydroxylation sites is 3. The van der Waals surface area contributed by atoms with Gasteiger partial charge in [0.05, 0.1) is 78.6 Å². The Morgan fingerprint density at radius 2 is 0.832 bits per heavy atom. The molecular formula is C75H69N11O15. The van der Waals surface area contributed by atoms with E-state index in [-0.39, 0.29) is 91.5 Å². The number of rotatable bonds is 13. The number of benzene rings is 6. The smallest absolute Gasteiger partial charge is 0.373 e. The fourth-order valence-electron chi connectivity index (χ4n) is 12.2. The van der Waals surface area contributed by atoms with Crippen LogP contribution in [0, 0.1) is 13.8 Å². The summed E-state index contributed by atoms with van der Waals surface area (Å²) in [5, 5.41) is 59.6. The van der Waals surface area contributed by atoms with Crippen molar-refractivity contribution in [3.63, 3.8) is 0 Å². The van der Waals surface area contributed by atoms with Gasteiger partial charge in [-0.3, -0.25) is 24.6 Å². The van der Waals surface area contributed by atoms with Crippen LogP contribution in [0.5, 0.6) is 17.2 Å². The number of furan rings is 3. The van der Waals surface area contributed by atoms with E-state index in [0.717, 1.165) is 67.7 Å². The number of nitrogens with one attached hydrogen (secondary N) is 2. The van der Waals surface area contributed by atoms with Crippen molar-refractivity contribution in [2.45, 2.75) is 85.0 Å². The first kappa shape index (κ1) is 68.1. The summed E-state index contributed by atoms with van der Waals surface area (Å²) in [6, 6.07) is 41.9. The van der Waals surface area contributed by atoms with Crippen LogP contribution in [0.25, 0.3) is 45.3 Å². The number of nitrogens with zero attached hydrogens (tertiary/aromatic N) is 8. The molecule has 0 saturated carbocycles. The third-order valence-electron chi connectivity index (χ3n) is 17.4. The first-order valence-corrected chi connectivity index (χ1v) is 32.3. The molecule has 0 saturated heterocycles. The van der Waals surface area contributed by atoms with Crippen molar-refractivity contribution in [3.05, 3.63) is 228 Å². The maximum absolute atomic E-state index is 13.0. The van der Waals surface area contributed by atoms with Crippen molar-refractivity contribution in [3.8, 4) is 62.6 Å². The Balaban J connectivity index is 0.000000134. The standard InChI is InChI=1S/2C25H22N4O5.C13H14N2O.C12H11NO4/c2*1-14-22(24(31)29(28-14)17-10-9-15-5-3-6-16(15)13-17)27-26-19-8-4-7-18(23(19)30)20-11-12-21(34-20)25(32)33-2;1-9-7-13(16)15(14-9)12-6-5-10-3-2-4-11(10)8-12;1-16-12(15)10-6-5-9(17-10)7-3-2-4-8(13)11(7)14/h2*4,7-13,28,30H,3,5-6H2,1-2H3;5-6,8H,2-4,7H2,1H3;2-6,14H,13H2,1H3. The molecule has 1 amide bonds. The molecule has 4 aliphatic rings. The number of fused-ring (bicyclic) bond motifs is 3. The number of aromatic amines is 2. The molecule has 514 valence electrons. The molecule has 0 fully saturated rings. The third-order valence-corrected chi connectivity index (χ3v) is 17.4. The number of phenolic OH excluding ortho intramolecular Hbond substituents is 3. The second-order valence-corrected chi connectivity index (χ2v) is 24.0. The number of nitrogen functional groups attached to an aromatic ring is 1. The van der Waals surface area contributed by atoms with Gasteiger partial charge in [0.1, 0.15) is 34.4 Å². The van der Waals surface area contributed by atoms with Crippen LogP contribution in [-0.2, 0) is 57.5 Å². The van der Waals surface area contributed by atoms with Crippen molar-refractivity contribution in [2.24, 2.45) is 25.6 Å². The zero-order valence-corrected chi connectivity index (χ0v) is 55.8. The number of anilines is 2. The van der Waals surface area contributed by atoms with Crippen LogP contribution in [-0.4, -0.2) is 85.7 Å². The Labute approximate surface area is 576 Å². The van der Waals surface area contributed by atoms with E-state index in [1.54, 1.807) is 86.6 Å². The van der Waals surface area contributed by atoms with Crippen LogP contribution in [0.3, 0.4) is 0 Å². The summed E-state index contributed by atoms with van der Waals surface area (Å²) in [5.74, 6) is -1.19. The molecule has 0 radical (unpaired) electrons. The van der Waals surface area contributed by atoms with E-state index < -0.39 is 17.9 Å². The van der Waals surface area contributed by atoms with E-state index in [9.17, 15) is 44.1 Å². The van der Waals surface area contributed by atoms with E-state index >= 15 is 0 Å². The van der Waals surface area contributed by atoms with Crippen molar-refractivity contribution in [1.82, 2.24) is 19.6 Å². The lowest BCUT2D eigenvalue weighted by Crippen LogP contribution is -2.19. The van der Waals surface area contributed by atoms with E-state index in [1.807, 2.05) is 37.3 Å². The fraction of sp³-hybridized carbons (Fsp3) is 0.213. The number of hydrogen-bond donors (Lipinski definition) is 6. The fourth-order valence-corrected chi connectivity index (χ4v) is 12.2. The molecule has 0 unspecified atom stereocenters. The number of azo groups is 2. The van der Waals surface area contributed by atoms with Gasteiger partial charge in [0.25, 0.3) is 17.0 Å². The number of hydrazone groups is 1. The Morgan fingerprint density at radius 3 is 1.22 bits per heavy atom. The topological polar surface area (TPSA) is 363 Å². The third kappa shape index (κ3) is 14.4. The number of esters is 3. The normalized spacial score (nSPS) is 13.4. The van der Waals surface area contributed by atoms with E-state index in [0.29, 0.717) is 40.3 Å². The van der Waals surface area contributed by atoms with Crippen LogP contribution in [0.1, 0.15) is 109 Å². The summed E-state index contributed by atoms with van der Waals surface area (Å²) in [7, 11) is 3.77. The Bertz CT molecular complexity index is 5020. The van der Waals surface area contributed by atoms with Gasteiger partial charge in [-0.25, -0.2) is 28.8 Å². The number of H-pyrrole nitrogens is 2. The van der Waals surface area contributed by atoms with Gasteiger partial charge in [0.2, 0.25) is 17.3 Å². The van der Waals surface area contributed by atoms with Crippen molar-refractivity contribution < 1.29 is 62.0 Å². The Hall–Kier alpha value is -12.9. The molecule has 0 bridgehead atoms. The maximum Gasteiger partial charge on any atom is 0.373 e. The number of carbonyl (C=O) groups excluding carboxylic acids is 4. The van der Waals surface area contributed by atoms with Crippen molar-refractivity contribution >= 4 is 63.7 Å². The molecule has 101 heavy (non-hydrogen) atoms. The summed E-state index contributed by atoms with van der Waals surface area (Å²) in [6.45, 7) is 5.38. The summed E-state index contributed by atoms with van der Waals surface area (Å²) in [5.41, 5.74) is 19.2. The molecule has 3 aliphatic carbocycles. The number of aromatic hydroxyl groups is 3. The van der Waals surface area contributed by atoms with Crippen LogP contribution in [0.15, 0.2) is 194 Å². The highest BCUT2D eigenvalue weighted by Gasteiger charge is 2.26. The van der Waals surface area contributed by atoms with E-state index in [1.165, 1.54) is 100 Å². The van der Waals surface area contributed by atoms with Crippen LogP contribution >= 0.6 is 0 Å². The van der Waals surface area contributed by atoms with Crippen molar-refractivity contribution in [1.29, 1.82) is 0 Å². The van der Waals surface area contributed by atoms with Gasteiger partial charge in [0, 0.05) is 5.71 Å². The lowest BCUT2D eigenvalue weighted by molar-refractivity contribution is -0.116. The SMILES string of the molecule is CC1=NN(c2ccc3c(c2)CCC3)C(=O)C1.COC(=O)c1ccc(-c2cccc(N)c2O)o1.COC(=O)c1ccc(-c2cccc(N=Nc3c(C)[nH]n(-c4ccc5c(c4)CCC5)c3=O)c2O)o1.COC(=O)c1ccc(-c2cccc(N=Nc3c(C)[nH]n(-c4ccc5c(c4)CCC5)c3=O)c2O)o1. The first-order valence-electron chi connectivity index (χ1n) is 32.3. The molecule has 26 heteroatoms. The number of nitrogens with two attached hydrogens (primary N) is 1. The zero-order chi connectivity index (χ0) is 71.2. The van der Waals surface area contributed by atoms with Gasteiger partial charge in [-0.2, -0.15) is 5.10 Å². The highest BCUT2D eigenvalue weighted by Crippen LogP contribution is 2.41. The summed E-state index contributed by atoms with van der Waals surface area (Å²) in [4.78, 5) is 72.3. The van der Waals surface area contributed by atoms with Gasteiger partial charge in [-0.15, -0.1) is 20.5 Å². The monoisotopic (exact) mass is 1360 g/mol. The maximum atomic E-state index is 13.0. The predicted molar refractivity (Wildman–Crippen MR) is 374 cm³/mol. The molecule has 0 spiro atoms. The van der Waals surface area contributed by atoms with Gasteiger partial charge < -0.3 is 48.5 Å².